The van der Waals surface area contributed by atoms with Crippen LogP contribution in [0, 0.1) is 5.82 Å². The van der Waals surface area contributed by atoms with Crippen molar-refractivity contribution in [2.75, 3.05) is 49.1 Å². The molecule has 1 aliphatic rings. The van der Waals surface area contributed by atoms with E-state index in [1.165, 1.54) is 31.4 Å². The molecular weight excluding hydrogens is 517 g/mol. The van der Waals surface area contributed by atoms with E-state index in [0.717, 1.165) is 5.69 Å². The number of hydrogen-bond donors (Lipinski definition) is 2. The normalized spacial score (nSPS) is 13.2. The van der Waals surface area contributed by atoms with E-state index in [1.54, 1.807) is 24.4 Å². The van der Waals surface area contributed by atoms with Crippen LogP contribution in [0.25, 0.3) is 0 Å². The van der Waals surface area contributed by atoms with Crippen LogP contribution >= 0.6 is 0 Å². The Hall–Kier alpha value is -5.10. The number of methoxy groups -OCH3 is 1. The molecule has 4 aromatic rings. The van der Waals surface area contributed by atoms with Crippen molar-refractivity contribution < 1.29 is 23.4 Å². The van der Waals surface area contributed by atoms with E-state index >= 15 is 0 Å². The summed E-state index contributed by atoms with van der Waals surface area (Å²) in [6.07, 6.45) is 1.55. The molecule has 1 saturated heterocycles. The number of para-hydroxylation sites is 1. The first-order valence-electron chi connectivity index (χ1n) is 12.4. The quantitative estimate of drug-likeness (QED) is 0.137. The summed E-state index contributed by atoms with van der Waals surface area (Å²) in [5, 5.41) is 7.47. The van der Waals surface area contributed by atoms with Gasteiger partial charge in [0.25, 0.3) is 0 Å². The molecule has 5 rings (SSSR count). The highest BCUT2D eigenvalue weighted by atomic mass is 19.1. The smallest absolute Gasteiger partial charge is 0.343 e. The van der Waals surface area contributed by atoms with Crippen LogP contribution in [-0.4, -0.2) is 60.5 Å². The number of carbonyl (C=O) groups is 1. The lowest BCUT2D eigenvalue weighted by molar-refractivity contribution is 0.0729. The highest BCUT2D eigenvalue weighted by Crippen LogP contribution is 2.28. The number of rotatable bonds is 9. The van der Waals surface area contributed by atoms with E-state index in [-0.39, 0.29) is 17.3 Å². The van der Waals surface area contributed by atoms with Gasteiger partial charge in [0, 0.05) is 18.8 Å². The molecule has 11 nitrogen and oxygen atoms in total. The van der Waals surface area contributed by atoms with Crippen molar-refractivity contribution in [3.63, 3.8) is 0 Å². The Balaban J connectivity index is 1.30. The Morgan fingerprint density at radius 2 is 1.73 bits per heavy atom. The predicted octanol–water partition coefficient (Wildman–Crippen LogP) is 4.26. The van der Waals surface area contributed by atoms with Crippen molar-refractivity contribution in [2.24, 2.45) is 5.10 Å². The summed E-state index contributed by atoms with van der Waals surface area (Å²) in [4.78, 5) is 28.0. The Morgan fingerprint density at radius 1 is 0.975 bits per heavy atom. The number of nitrogens with zero attached hydrogens (tertiary/aromatic N) is 5. The minimum atomic E-state index is -0.632. The third-order valence-electron chi connectivity index (χ3n) is 5.80. The third-order valence-corrected chi connectivity index (χ3v) is 5.80. The molecular formula is C28H26FN7O4. The number of aromatic nitrogens is 3. The van der Waals surface area contributed by atoms with Crippen molar-refractivity contribution in [1.82, 2.24) is 15.0 Å². The molecule has 0 unspecified atom stereocenters. The monoisotopic (exact) mass is 543 g/mol. The van der Waals surface area contributed by atoms with Gasteiger partial charge >= 0.3 is 5.97 Å². The minimum absolute atomic E-state index is 0.214. The number of nitrogens with one attached hydrogen (secondary N) is 2. The van der Waals surface area contributed by atoms with Gasteiger partial charge in [0.1, 0.15) is 5.82 Å². The SMILES string of the molecule is COc1cc(/C=N\Nc2nc(Nc3ccccc3)nc(N3CCOCC3)n2)ccc1OC(=O)c1ccc(F)cc1. The van der Waals surface area contributed by atoms with Gasteiger partial charge in [-0.2, -0.15) is 20.1 Å². The summed E-state index contributed by atoms with van der Waals surface area (Å²) in [5.74, 6) is 0.590. The van der Waals surface area contributed by atoms with Gasteiger partial charge in [-0.1, -0.05) is 18.2 Å². The number of anilines is 4. The van der Waals surface area contributed by atoms with E-state index < -0.39 is 11.8 Å². The molecule has 12 heteroatoms. The molecule has 2 N–H and O–H groups in total. The number of morpholine rings is 1. The lowest BCUT2D eigenvalue weighted by atomic mass is 10.2. The van der Waals surface area contributed by atoms with Gasteiger partial charge in [0.05, 0.1) is 32.1 Å². The molecule has 1 aromatic heterocycles. The van der Waals surface area contributed by atoms with Crippen LogP contribution in [0.15, 0.2) is 77.9 Å². The van der Waals surface area contributed by atoms with Gasteiger partial charge < -0.3 is 24.4 Å². The van der Waals surface area contributed by atoms with Crippen LogP contribution in [-0.2, 0) is 4.74 Å². The van der Waals surface area contributed by atoms with Crippen molar-refractivity contribution in [3.05, 3.63) is 89.7 Å². The zero-order chi connectivity index (χ0) is 27.7. The fraction of sp³-hybridized carbons (Fsp3) is 0.179. The summed E-state index contributed by atoms with van der Waals surface area (Å²) >= 11 is 0. The second-order valence-corrected chi connectivity index (χ2v) is 8.55. The van der Waals surface area contributed by atoms with Gasteiger partial charge in [-0.05, 0) is 60.2 Å². The lowest BCUT2D eigenvalue weighted by Crippen LogP contribution is -2.37. The molecule has 0 spiro atoms. The van der Waals surface area contributed by atoms with Crippen molar-refractivity contribution >= 4 is 35.7 Å². The first-order valence-corrected chi connectivity index (χ1v) is 12.4. The molecule has 0 aliphatic carbocycles. The first-order chi connectivity index (χ1) is 19.6. The van der Waals surface area contributed by atoms with Crippen LogP contribution < -0.4 is 25.1 Å². The molecule has 1 aliphatic heterocycles. The summed E-state index contributed by atoms with van der Waals surface area (Å²) in [5.41, 5.74) is 4.58. The van der Waals surface area contributed by atoms with E-state index in [4.69, 9.17) is 14.2 Å². The van der Waals surface area contributed by atoms with Gasteiger partial charge in [-0.25, -0.2) is 14.6 Å². The molecule has 0 bridgehead atoms. The molecule has 2 heterocycles. The predicted molar refractivity (Wildman–Crippen MR) is 148 cm³/mol. The number of hydrogen-bond acceptors (Lipinski definition) is 11. The molecule has 0 radical (unpaired) electrons. The summed E-state index contributed by atoms with van der Waals surface area (Å²) in [6, 6.07) is 19.6. The van der Waals surface area contributed by atoms with E-state index in [2.05, 4.69) is 30.8 Å². The number of carbonyl (C=O) groups excluding carboxylic acids is 1. The standard InChI is InChI=1S/C28H26FN7O4/c1-38-24-17-19(7-12-23(24)40-25(37)20-8-10-21(29)11-9-20)18-30-35-27-32-26(31-22-5-3-2-4-6-22)33-28(34-27)36-13-15-39-16-14-36/h2-12,17-18H,13-16H2,1H3,(H2,31,32,33,34,35)/b30-18-. The number of ether oxygens (including phenoxy) is 3. The summed E-state index contributed by atoms with van der Waals surface area (Å²) < 4.78 is 29.4. The number of benzene rings is 3. The van der Waals surface area contributed by atoms with Crippen LogP contribution in [0.2, 0.25) is 0 Å². The molecule has 0 atom stereocenters. The van der Waals surface area contributed by atoms with Crippen LogP contribution in [0.3, 0.4) is 0 Å². The molecule has 204 valence electrons. The fourth-order valence-corrected chi connectivity index (χ4v) is 3.78. The molecule has 3 aromatic carbocycles. The van der Waals surface area contributed by atoms with Crippen molar-refractivity contribution in [2.45, 2.75) is 0 Å². The van der Waals surface area contributed by atoms with Gasteiger partial charge in [-0.3, -0.25) is 0 Å². The molecule has 1 fully saturated rings. The second kappa shape index (κ2) is 12.6. The Labute approximate surface area is 229 Å². The zero-order valence-corrected chi connectivity index (χ0v) is 21.6. The molecule has 0 saturated carbocycles. The maximum atomic E-state index is 13.2. The lowest BCUT2D eigenvalue weighted by Gasteiger charge is -2.27. The fourth-order valence-electron chi connectivity index (χ4n) is 3.78. The summed E-state index contributed by atoms with van der Waals surface area (Å²) in [6.45, 7) is 2.50. The Kier molecular flexibility index (Phi) is 8.37. The van der Waals surface area contributed by atoms with Crippen molar-refractivity contribution in [1.29, 1.82) is 0 Å². The van der Waals surface area contributed by atoms with Crippen LogP contribution in [0.1, 0.15) is 15.9 Å². The Morgan fingerprint density at radius 3 is 2.48 bits per heavy atom. The Bertz CT molecular complexity index is 1480. The van der Waals surface area contributed by atoms with E-state index in [0.29, 0.717) is 49.5 Å². The largest absolute Gasteiger partial charge is 0.493 e. The van der Waals surface area contributed by atoms with Crippen LogP contribution in [0.4, 0.5) is 27.9 Å². The van der Waals surface area contributed by atoms with E-state index in [9.17, 15) is 9.18 Å². The highest BCUT2D eigenvalue weighted by molar-refractivity contribution is 5.91. The average Bonchev–Trinajstić information content (AvgIpc) is 2.99. The van der Waals surface area contributed by atoms with Gasteiger partial charge in [0.2, 0.25) is 17.8 Å². The summed E-state index contributed by atoms with van der Waals surface area (Å²) in [7, 11) is 1.46. The van der Waals surface area contributed by atoms with E-state index in [1.807, 2.05) is 35.2 Å². The van der Waals surface area contributed by atoms with Crippen LogP contribution in [0.5, 0.6) is 11.5 Å². The molecule has 0 amide bonds. The first kappa shape index (κ1) is 26.5. The number of esters is 1. The maximum absolute atomic E-state index is 13.2. The highest BCUT2D eigenvalue weighted by Gasteiger charge is 2.17. The maximum Gasteiger partial charge on any atom is 0.343 e. The van der Waals surface area contributed by atoms with Gasteiger partial charge in [-0.15, -0.1) is 0 Å². The van der Waals surface area contributed by atoms with Gasteiger partial charge in [0.15, 0.2) is 11.5 Å². The average molecular weight is 544 g/mol. The zero-order valence-electron chi connectivity index (χ0n) is 21.6. The van der Waals surface area contributed by atoms with Crippen molar-refractivity contribution in [3.8, 4) is 11.5 Å². The number of halogens is 1. The molecule has 40 heavy (non-hydrogen) atoms. The topological polar surface area (TPSA) is 123 Å². The number of hydrazone groups is 1. The second-order valence-electron chi connectivity index (χ2n) is 8.55. The third kappa shape index (κ3) is 6.85. The minimum Gasteiger partial charge on any atom is -0.493 e.